The van der Waals surface area contributed by atoms with Crippen LogP contribution >= 0.6 is 23.1 Å². The molecular formula is C27H41NO6S2. The fourth-order valence-electron chi connectivity index (χ4n) is 5.07. The first-order valence-electron chi connectivity index (χ1n) is 12.7. The zero-order chi connectivity index (χ0) is 26.8. The molecule has 0 saturated carbocycles. The first kappa shape index (κ1) is 29.3. The van der Waals surface area contributed by atoms with Crippen LogP contribution in [0.3, 0.4) is 0 Å². The Morgan fingerprint density at radius 1 is 1.22 bits per heavy atom. The van der Waals surface area contributed by atoms with E-state index in [4.69, 9.17) is 9.47 Å². The third-order valence-electron chi connectivity index (χ3n) is 7.92. The molecule has 2 fully saturated rings. The first-order chi connectivity index (χ1) is 16.8. The molecule has 36 heavy (non-hydrogen) atoms. The summed E-state index contributed by atoms with van der Waals surface area (Å²) >= 11 is 3.15. The summed E-state index contributed by atoms with van der Waals surface area (Å²) in [5.41, 5.74) is 0.0548. The summed E-state index contributed by atoms with van der Waals surface area (Å²) in [6.07, 6.45) is 4.04. The predicted octanol–water partition coefficient (Wildman–Crippen LogP) is 4.89. The molecule has 0 unspecified atom stereocenters. The van der Waals surface area contributed by atoms with Gasteiger partial charge in [-0.25, -0.2) is 4.98 Å². The summed E-state index contributed by atoms with van der Waals surface area (Å²) in [7, 11) is 0. The number of ether oxygens (including phenoxy) is 2. The molecule has 7 atom stereocenters. The second kappa shape index (κ2) is 11.6. The standard InChI is InChI=1S/C27H41NO6S2/c1-15-9-8-10-21-27(6,34-21)13-19(16(2)11-18-14-36-25(28-18)35-7)33-22(30)12-20(29)26(4,5)24(32)17(3)23(15)31/h11,14-15,17,19-21,23,29,31H,8-10,12-13H2,1-7H3/b16-11+/t15-,17+,19-,20-,21+,23-,27-/m0/s1. The van der Waals surface area contributed by atoms with Crippen LogP contribution in [0, 0.1) is 17.3 Å². The topological polar surface area (TPSA) is 109 Å². The van der Waals surface area contributed by atoms with Gasteiger partial charge in [-0.15, -0.1) is 11.3 Å². The van der Waals surface area contributed by atoms with Gasteiger partial charge >= 0.3 is 5.97 Å². The Hall–Kier alpha value is -1.26. The van der Waals surface area contributed by atoms with Gasteiger partial charge in [-0.1, -0.05) is 45.9 Å². The lowest BCUT2D eigenvalue weighted by Gasteiger charge is -2.34. The number of aromatic nitrogens is 1. The summed E-state index contributed by atoms with van der Waals surface area (Å²) in [6, 6.07) is 0. The highest BCUT2D eigenvalue weighted by atomic mass is 32.2. The lowest BCUT2D eigenvalue weighted by Crippen LogP contribution is -2.45. The minimum Gasteiger partial charge on any atom is -0.458 e. The van der Waals surface area contributed by atoms with Crippen LogP contribution in [-0.4, -0.2) is 63.2 Å². The van der Waals surface area contributed by atoms with Crippen molar-refractivity contribution in [3.8, 4) is 0 Å². The van der Waals surface area contributed by atoms with E-state index in [1.807, 2.05) is 38.5 Å². The van der Waals surface area contributed by atoms with Crippen molar-refractivity contribution in [2.75, 3.05) is 6.26 Å². The summed E-state index contributed by atoms with van der Waals surface area (Å²) < 4.78 is 12.9. The highest BCUT2D eigenvalue weighted by Gasteiger charge is 2.53. The number of aliphatic hydroxyl groups excluding tert-OH is 2. The average Bonchev–Trinajstić information content (AvgIpc) is 3.23. The highest BCUT2D eigenvalue weighted by Crippen LogP contribution is 2.45. The van der Waals surface area contributed by atoms with Crippen LogP contribution in [0.2, 0.25) is 0 Å². The summed E-state index contributed by atoms with van der Waals surface area (Å²) in [6.45, 7) is 10.9. The Labute approximate surface area is 223 Å². The van der Waals surface area contributed by atoms with Gasteiger partial charge in [-0.2, -0.15) is 0 Å². The number of nitrogens with zero attached hydrogens (tertiary/aromatic N) is 1. The normalized spacial score (nSPS) is 36.8. The van der Waals surface area contributed by atoms with Gasteiger partial charge < -0.3 is 19.7 Å². The van der Waals surface area contributed by atoms with Crippen LogP contribution in [0.1, 0.15) is 79.3 Å². The first-order valence-corrected chi connectivity index (χ1v) is 14.8. The molecule has 1 aromatic rings. The van der Waals surface area contributed by atoms with Gasteiger partial charge in [0.2, 0.25) is 0 Å². The fraction of sp³-hybridized carbons (Fsp3) is 0.741. The summed E-state index contributed by atoms with van der Waals surface area (Å²) in [5, 5.41) is 23.7. The number of thiazole rings is 1. The minimum absolute atomic E-state index is 0.0506. The van der Waals surface area contributed by atoms with Gasteiger partial charge in [0.05, 0.1) is 41.4 Å². The van der Waals surface area contributed by atoms with E-state index >= 15 is 0 Å². The lowest BCUT2D eigenvalue weighted by molar-refractivity contribution is -0.154. The number of hydrogen-bond acceptors (Lipinski definition) is 9. The maximum Gasteiger partial charge on any atom is 0.309 e. The van der Waals surface area contributed by atoms with Crippen molar-refractivity contribution in [1.29, 1.82) is 0 Å². The third kappa shape index (κ3) is 6.78. The quantitative estimate of drug-likeness (QED) is 0.317. The Balaban J connectivity index is 1.86. The van der Waals surface area contributed by atoms with Crippen LogP contribution < -0.4 is 0 Å². The monoisotopic (exact) mass is 539 g/mol. The van der Waals surface area contributed by atoms with Crippen LogP contribution in [0.4, 0.5) is 0 Å². The Morgan fingerprint density at radius 2 is 1.92 bits per heavy atom. The zero-order valence-corrected chi connectivity index (χ0v) is 24.1. The van der Waals surface area contributed by atoms with Crippen LogP contribution in [0.15, 0.2) is 15.3 Å². The maximum absolute atomic E-state index is 13.2. The molecule has 3 heterocycles. The molecule has 0 radical (unpaired) electrons. The van der Waals surface area contributed by atoms with E-state index in [1.54, 1.807) is 43.9 Å². The molecule has 0 aliphatic carbocycles. The Kier molecular flexibility index (Phi) is 9.47. The van der Waals surface area contributed by atoms with E-state index in [1.165, 1.54) is 0 Å². The van der Waals surface area contributed by atoms with Crippen molar-refractivity contribution in [1.82, 2.24) is 4.98 Å². The number of carbonyl (C=O) groups is 2. The molecule has 0 bridgehead atoms. The van der Waals surface area contributed by atoms with Crippen molar-refractivity contribution in [3.63, 3.8) is 0 Å². The largest absolute Gasteiger partial charge is 0.458 e. The molecule has 2 aliphatic heterocycles. The predicted molar refractivity (Wildman–Crippen MR) is 143 cm³/mol. The number of carbonyl (C=O) groups excluding carboxylic acids is 2. The maximum atomic E-state index is 13.2. The molecule has 9 heteroatoms. The van der Waals surface area contributed by atoms with Gasteiger partial charge in [-0.05, 0) is 50.5 Å². The molecule has 0 amide bonds. The van der Waals surface area contributed by atoms with E-state index < -0.39 is 41.2 Å². The SMILES string of the molecule is CSc1nc(/C=C(\C)[C@@H]2C[C@]3(C)O[C@@H]3CCC[C@H](C)[C@H](O)[C@@H](C)C(=O)C(C)(C)[C@@H](O)CC(=O)O2)cs1. The van der Waals surface area contributed by atoms with Crippen LogP contribution in [-0.2, 0) is 19.1 Å². The molecule has 0 aromatic carbocycles. The third-order valence-corrected chi connectivity index (χ3v) is 9.80. The molecule has 0 spiro atoms. The second-order valence-corrected chi connectivity index (χ2v) is 13.1. The van der Waals surface area contributed by atoms with Gasteiger partial charge in [0.1, 0.15) is 16.2 Å². The number of cyclic esters (lactones) is 1. The van der Waals surface area contributed by atoms with Crippen LogP contribution in [0.5, 0.6) is 0 Å². The van der Waals surface area contributed by atoms with Crippen molar-refractivity contribution in [2.24, 2.45) is 17.3 Å². The zero-order valence-electron chi connectivity index (χ0n) is 22.4. The Morgan fingerprint density at radius 3 is 2.56 bits per heavy atom. The van der Waals surface area contributed by atoms with Gasteiger partial charge in [0.15, 0.2) is 0 Å². The molecule has 1 aromatic heterocycles. The molecule has 2 saturated heterocycles. The van der Waals surface area contributed by atoms with E-state index in [0.29, 0.717) is 6.42 Å². The van der Waals surface area contributed by atoms with Crippen molar-refractivity contribution in [3.05, 3.63) is 16.6 Å². The lowest BCUT2D eigenvalue weighted by atomic mass is 9.73. The molecule has 2 N–H and O–H groups in total. The number of rotatable bonds is 3. The van der Waals surface area contributed by atoms with Gasteiger partial charge in [-0.3, -0.25) is 9.59 Å². The number of epoxide rings is 1. The van der Waals surface area contributed by atoms with Crippen molar-refractivity contribution >= 4 is 40.9 Å². The van der Waals surface area contributed by atoms with Crippen molar-refractivity contribution in [2.45, 2.75) is 108 Å². The van der Waals surface area contributed by atoms with E-state index in [0.717, 1.165) is 34.9 Å². The summed E-state index contributed by atoms with van der Waals surface area (Å²) in [5.74, 6) is -1.55. The molecule has 7 nitrogen and oxygen atoms in total. The average molecular weight is 540 g/mol. The number of ketones is 1. The van der Waals surface area contributed by atoms with Gasteiger partial charge in [0.25, 0.3) is 0 Å². The molecule has 202 valence electrons. The second-order valence-electron chi connectivity index (χ2n) is 11.2. The molecular weight excluding hydrogens is 498 g/mol. The number of hydrogen-bond donors (Lipinski definition) is 2. The number of Topliss-reactive ketones (excluding diaryl/α,β-unsaturated/α-hetero) is 1. The van der Waals surface area contributed by atoms with E-state index in [2.05, 4.69) is 4.98 Å². The smallest absolute Gasteiger partial charge is 0.309 e. The summed E-state index contributed by atoms with van der Waals surface area (Å²) in [4.78, 5) is 30.8. The van der Waals surface area contributed by atoms with E-state index in [-0.39, 0.29) is 24.2 Å². The minimum atomic E-state index is -1.23. The number of thioether (sulfide) groups is 1. The van der Waals surface area contributed by atoms with Gasteiger partial charge in [0, 0.05) is 17.7 Å². The molecule has 3 rings (SSSR count). The fourth-order valence-corrected chi connectivity index (χ4v) is 6.29. The number of esters is 1. The molecule has 2 aliphatic rings. The number of fused-ring (bicyclic) bond motifs is 1. The van der Waals surface area contributed by atoms with Crippen LogP contribution in [0.25, 0.3) is 6.08 Å². The Bertz CT molecular complexity index is 975. The van der Waals surface area contributed by atoms with Crippen molar-refractivity contribution < 1.29 is 29.3 Å². The van der Waals surface area contributed by atoms with E-state index in [9.17, 15) is 19.8 Å². The number of aliphatic hydroxyl groups is 2. The highest BCUT2D eigenvalue weighted by molar-refractivity contribution is 8.00.